The summed E-state index contributed by atoms with van der Waals surface area (Å²) in [6.07, 6.45) is 5.02. The summed E-state index contributed by atoms with van der Waals surface area (Å²) in [5.41, 5.74) is 0. The maximum absolute atomic E-state index is 12.6. The lowest BCUT2D eigenvalue weighted by Gasteiger charge is -2.39. The highest BCUT2D eigenvalue weighted by atomic mass is 16.2. The topological polar surface area (TPSA) is 35.6 Å². The molecule has 1 N–H and O–H groups in total. The van der Waals surface area contributed by atoms with Gasteiger partial charge in [-0.3, -0.25) is 9.69 Å². The minimum Gasteiger partial charge on any atom is -0.341 e. The molecular weight excluding hydrogens is 250 g/mol. The average molecular weight is 281 g/mol. The van der Waals surface area contributed by atoms with Gasteiger partial charge in [0.05, 0.1) is 6.54 Å². The van der Waals surface area contributed by atoms with Gasteiger partial charge in [0.15, 0.2) is 0 Å². The Bertz CT molecular complexity index is 309. The van der Waals surface area contributed by atoms with Gasteiger partial charge >= 0.3 is 0 Å². The highest BCUT2D eigenvalue weighted by molar-refractivity contribution is 5.78. The van der Waals surface area contributed by atoms with Crippen molar-refractivity contribution in [3.63, 3.8) is 0 Å². The van der Waals surface area contributed by atoms with Crippen LogP contribution in [0.15, 0.2) is 0 Å². The van der Waals surface area contributed by atoms with Gasteiger partial charge in [-0.05, 0) is 44.7 Å². The molecule has 2 aliphatic heterocycles. The molecule has 0 bridgehead atoms. The summed E-state index contributed by atoms with van der Waals surface area (Å²) in [7, 11) is 2.00. The van der Waals surface area contributed by atoms with Gasteiger partial charge in [-0.1, -0.05) is 20.3 Å². The van der Waals surface area contributed by atoms with E-state index in [0.717, 1.165) is 26.2 Å². The van der Waals surface area contributed by atoms with Crippen LogP contribution in [-0.2, 0) is 4.79 Å². The quantitative estimate of drug-likeness (QED) is 0.849. The van der Waals surface area contributed by atoms with Crippen LogP contribution in [0.4, 0.5) is 0 Å². The second-order valence-electron chi connectivity index (χ2n) is 6.92. The van der Waals surface area contributed by atoms with E-state index in [2.05, 4.69) is 29.0 Å². The fraction of sp³-hybridized carbons (Fsp3) is 0.938. The predicted molar refractivity (Wildman–Crippen MR) is 82.7 cm³/mol. The van der Waals surface area contributed by atoms with Crippen molar-refractivity contribution in [2.45, 2.75) is 45.6 Å². The Morgan fingerprint density at radius 1 is 1.20 bits per heavy atom. The summed E-state index contributed by atoms with van der Waals surface area (Å²) in [5, 5.41) is 3.27. The molecule has 3 atom stereocenters. The number of hydrogen-bond acceptors (Lipinski definition) is 3. The summed E-state index contributed by atoms with van der Waals surface area (Å²) in [6.45, 7) is 9.13. The van der Waals surface area contributed by atoms with Crippen molar-refractivity contribution in [2.24, 2.45) is 11.8 Å². The van der Waals surface area contributed by atoms with E-state index >= 15 is 0 Å². The maximum Gasteiger partial charge on any atom is 0.236 e. The zero-order chi connectivity index (χ0) is 14.5. The monoisotopic (exact) mass is 281 g/mol. The molecule has 0 spiro atoms. The number of rotatable bonds is 4. The lowest BCUT2D eigenvalue weighted by molar-refractivity contribution is -0.136. The second-order valence-corrected chi connectivity index (χ2v) is 6.92. The van der Waals surface area contributed by atoms with Crippen molar-refractivity contribution in [1.29, 1.82) is 0 Å². The second kappa shape index (κ2) is 7.41. The van der Waals surface area contributed by atoms with Crippen LogP contribution in [0.1, 0.15) is 39.5 Å². The first-order chi connectivity index (χ1) is 9.60. The average Bonchev–Trinajstić information content (AvgIpc) is 2.40. The fourth-order valence-corrected chi connectivity index (χ4v) is 3.88. The zero-order valence-electron chi connectivity index (χ0n) is 13.4. The third-order valence-corrected chi connectivity index (χ3v) is 4.75. The van der Waals surface area contributed by atoms with E-state index in [1.807, 2.05) is 7.05 Å². The van der Waals surface area contributed by atoms with Crippen LogP contribution < -0.4 is 5.32 Å². The molecule has 1 amide bonds. The Morgan fingerprint density at radius 3 is 2.55 bits per heavy atom. The first-order valence-corrected chi connectivity index (χ1v) is 8.26. The minimum absolute atomic E-state index is 0.339. The molecule has 3 unspecified atom stereocenters. The molecule has 2 saturated heterocycles. The van der Waals surface area contributed by atoms with E-state index in [1.165, 1.54) is 25.7 Å². The van der Waals surface area contributed by atoms with Gasteiger partial charge in [-0.2, -0.15) is 0 Å². The first kappa shape index (κ1) is 15.8. The van der Waals surface area contributed by atoms with E-state index in [0.29, 0.717) is 30.3 Å². The van der Waals surface area contributed by atoms with Crippen molar-refractivity contribution in [1.82, 2.24) is 15.1 Å². The Kier molecular flexibility index (Phi) is 5.85. The SMILES string of the molecule is CNCC1CCCCN1CC(=O)N1CC(C)CC(C)C1. The molecule has 0 aromatic rings. The molecule has 4 heteroatoms. The smallest absolute Gasteiger partial charge is 0.236 e. The molecule has 116 valence electrons. The van der Waals surface area contributed by atoms with Gasteiger partial charge in [0.1, 0.15) is 0 Å². The first-order valence-electron chi connectivity index (χ1n) is 8.26. The summed E-state index contributed by atoms with van der Waals surface area (Å²) in [5.74, 6) is 1.64. The maximum atomic E-state index is 12.6. The largest absolute Gasteiger partial charge is 0.341 e. The molecule has 2 fully saturated rings. The number of likely N-dealkylation sites (N-methyl/N-ethyl adjacent to an activating group) is 1. The number of piperidine rings is 2. The number of carbonyl (C=O) groups excluding carboxylic acids is 1. The van der Waals surface area contributed by atoms with E-state index in [9.17, 15) is 4.79 Å². The van der Waals surface area contributed by atoms with Gasteiger partial charge < -0.3 is 10.2 Å². The van der Waals surface area contributed by atoms with Gasteiger partial charge in [0.2, 0.25) is 5.91 Å². The summed E-state index contributed by atoms with van der Waals surface area (Å²) in [6, 6.07) is 0.539. The molecule has 0 radical (unpaired) electrons. The Labute approximate surface area is 123 Å². The van der Waals surface area contributed by atoms with Crippen LogP contribution in [0.25, 0.3) is 0 Å². The van der Waals surface area contributed by atoms with Crippen molar-refractivity contribution < 1.29 is 4.79 Å². The molecule has 0 saturated carbocycles. The van der Waals surface area contributed by atoms with Crippen LogP contribution in [0.3, 0.4) is 0 Å². The van der Waals surface area contributed by atoms with Crippen LogP contribution in [0.5, 0.6) is 0 Å². The third-order valence-electron chi connectivity index (χ3n) is 4.75. The number of nitrogens with one attached hydrogen (secondary N) is 1. The van der Waals surface area contributed by atoms with Crippen molar-refractivity contribution in [3.8, 4) is 0 Å². The highest BCUT2D eigenvalue weighted by Gasteiger charge is 2.29. The molecule has 20 heavy (non-hydrogen) atoms. The lowest BCUT2D eigenvalue weighted by atomic mass is 9.92. The summed E-state index contributed by atoms with van der Waals surface area (Å²) in [4.78, 5) is 17.1. The van der Waals surface area contributed by atoms with Crippen molar-refractivity contribution in [3.05, 3.63) is 0 Å². The predicted octanol–water partition coefficient (Wildman–Crippen LogP) is 1.56. The standard InChI is InChI=1S/C16H31N3O/c1-13-8-14(2)11-19(10-13)16(20)12-18-7-5-4-6-15(18)9-17-3/h13-15,17H,4-12H2,1-3H3. The fourth-order valence-electron chi connectivity index (χ4n) is 3.88. The normalized spacial score (nSPS) is 32.4. The number of likely N-dealkylation sites (tertiary alicyclic amines) is 2. The highest BCUT2D eigenvalue weighted by Crippen LogP contribution is 2.22. The van der Waals surface area contributed by atoms with E-state index in [-0.39, 0.29) is 0 Å². The van der Waals surface area contributed by atoms with E-state index in [4.69, 9.17) is 0 Å². The zero-order valence-corrected chi connectivity index (χ0v) is 13.4. The molecule has 0 aliphatic carbocycles. The molecule has 0 aromatic heterocycles. The van der Waals surface area contributed by atoms with Crippen molar-refractivity contribution in [2.75, 3.05) is 39.8 Å². The number of nitrogens with zero attached hydrogens (tertiary/aromatic N) is 2. The Morgan fingerprint density at radius 2 is 1.90 bits per heavy atom. The van der Waals surface area contributed by atoms with Gasteiger partial charge in [-0.25, -0.2) is 0 Å². The molecule has 4 nitrogen and oxygen atoms in total. The summed E-state index contributed by atoms with van der Waals surface area (Å²) < 4.78 is 0. The van der Waals surface area contributed by atoms with Gasteiger partial charge in [0.25, 0.3) is 0 Å². The third kappa shape index (κ3) is 4.19. The van der Waals surface area contributed by atoms with E-state index in [1.54, 1.807) is 0 Å². The Balaban J connectivity index is 1.88. The van der Waals surface area contributed by atoms with Crippen LogP contribution in [-0.4, -0.2) is 61.5 Å². The molecule has 2 aliphatic rings. The number of carbonyl (C=O) groups is 1. The number of amides is 1. The minimum atomic E-state index is 0.339. The van der Waals surface area contributed by atoms with Gasteiger partial charge in [-0.15, -0.1) is 0 Å². The molecule has 2 rings (SSSR count). The molecule has 2 heterocycles. The molecule has 0 aromatic carbocycles. The molecular formula is C16H31N3O. The van der Waals surface area contributed by atoms with Crippen LogP contribution in [0.2, 0.25) is 0 Å². The Hall–Kier alpha value is -0.610. The van der Waals surface area contributed by atoms with Crippen LogP contribution in [0, 0.1) is 11.8 Å². The lowest BCUT2D eigenvalue weighted by Crippen LogP contribution is -2.52. The van der Waals surface area contributed by atoms with Gasteiger partial charge in [0, 0.05) is 25.7 Å². The van der Waals surface area contributed by atoms with E-state index < -0.39 is 0 Å². The summed E-state index contributed by atoms with van der Waals surface area (Å²) >= 11 is 0. The van der Waals surface area contributed by atoms with Crippen LogP contribution >= 0.6 is 0 Å². The number of hydrogen-bond donors (Lipinski definition) is 1. The van der Waals surface area contributed by atoms with Crippen molar-refractivity contribution >= 4 is 5.91 Å².